The van der Waals surface area contributed by atoms with Gasteiger partial charge in [-0.2, -0.15) is 0 Å². The van der Waals surface area contributed by atoms with Gasteiger partial charge in [0.15, 0.2) is 0 Å². The molecule has 0 radical (unpaired) electrons. The maximum Gasteiger partial charge on any atom is 0.351 e. The second-order valence-electron chi connectivity index (χ2n) is 3.74. The van der Waals surface area contributed by atoms with Crippen LogP contribution in [0, 0.1) is 5.92 Å². The monoisotopic (exact) mass is 184 g/mol. The summed E-state index contributed by atoms with van der Waals surface area (Å²) in [6.45, 7) is 3.33. The molecule has 0 amide bonds. The molecule has 13 heavy (non-hydrogen) atoms. The summed E-state index contributed by atoms with van der Waals surface area (Å²) in [5, 5.41) is 15.8. The zero-order valence-electron chi connectivity index (χ0n) is 7.41. The standard InChI is InChI=1S/C8H12N2O3/c1-8(7(11)12)2-6(10-13-8)5-3-9-4-5/h5,9H,2-4H2,1H3,(H,11,12). The number of oxime groups is 1. The summed E-state index contributed by atoms with van der Waals surface area (Å²) in [7, 11) is 0. The fourth-order valence-electron chi connectivity index (χ4n) is 1.43. The number of hydrogen-bond acceptors (Lipinski definition) is 4. The highest BCUT2D eigenvalue weighted by Crippen LogP contribution is 2.27. The lowest BCUT2D eigenvalue weighted by molar-refractivity contribution is -0.160. The molecule has 0 aromatic heterocycles. The van der Waals surface area contributed by atoms with Crippen molar-refractivity contribution in [1.82, 2.24) is 5.32 Å². The van der Waals surface area contributed by atoms with Gasteiger partial charge in [0.2, 0.25) is 5.60 Å². The van der Waals surface area contributed by atoms with Crippen LogP contribution in [-0.4, -0.2) is 35.5 Å². The van der Waals surface area contributed by atoms with Gasteiger partial charge in [0, 0.05) is 25.4 Å². The Morgan fingerprint density at radius 3 is 2.85 bits per heavy atom. The lowest BCUT2D eigenvalue weighted by Crippen LogP contribution is -2.47. The number of aliphatic carboxylic acids is 1. The number of carboxylic acid groups (broad SMARTS) is 1. The summed E-state index contributed by atoms with van der Waals surface area (Å²) in [6.07, 6.45) is 0.411. The molecule has 2 aliphatic heterocycles. The van der Waals surface area contributed by atoms with E-state index >= 15 is 0 Å². The van der Waals surface area contributed by atoms with Crippen molar-refractivity contribution in [3.63, 3.8) is 0 Å². The summed E-state index contributed by atoms with van der Waals surface area (Å²) in [6, 6.07) is 0. The number of rotatable bonds is 2. The van der Waals surface area contributed by atoms with E-state index in [9.17, 15) is 4.79 Å². The van der Waals surface area contributed by atoms with Crippen LogP contribution in [-0.2, 0) is 9.63 Å². The van der Waals surface area contributed by atoms with Gasteiger partial charge in [0.05, 0.1) is 5.71 Å². The molecular formula is C8H12N2O3. The fraction of sp³-hybridized carbons (Fsp3) is 0.750. The van der Waals surface area contributed by atoms with Crippen LogP contribution in [0.4, 0.5) is 0 Å². The van der Waals surface area contributed by atoms with Gasteiger partial charge >= 0.3 is 5.97 Å². The molecule has 1 saturated heterocycles. The van der Waals surface area contributed by atoms with E-state index in [1.54, 1.807) is 6.92 Å². The van der Waals surface area contributed by atoms with E-state index in [1.165, 1.54) is 0 Å². The first-order valence-corrected chi connectivity index (χ1v) is 4.31. The lowest BCUT2D eigenvalue weighted by atomic mass is 9.89. The molecule has 5 heteroatoms. The zero-order valence-corrected chi connectivity index (χ0v) is 7.41. The van der Waals surface area contributed by atoms with Gasteiger partial charge in [-0.3, -0.25) is 0 Å². The SMILES string of the molecule is CC1(C(=O)O)CC(C2CNC2)=NO1. The topological polar surface area (TPSA) is 70.9 Å². The van der Waals surface area contributed by atoms with E-state index in [-0.39, 0.29) is 0 Å². The normalized spacial score (nSPS) is 33.5. The highest BCUT2D eigenvalue weighted by atomic mass is 16.7. The molecule has 2 rings (SSSR count). The van der Waals surface area contributed by atoms with Gasteiger partial charge in [-0.15, -0.1) is 0 Å². The van der Waals surface area contributed by atoms with Crippen LogP contribution in [0.5, 0.6) is 0 Å². The molecule has 0 aromatic rings. The first kappa shape index (κ1) is 8.50. The highest BCUT2D eigenvalue weighted by molar-refractivity contribution is 5.94. The number of hydrogen-bond donors (Lipinski definition) is 2. The summed E-state index contributed by atoms with van der Waals surface area (Å²) in [5.74, 6) is -0.570. The minimum Gasteiger partial charge on any atom is -0.478 e. The largest absolute Gasteiger partial charge is 0.478 e. The third-order valence-corrected chi connectivity index (χ3v) is 2.59. The van der Waals surface area contributed by atoms with E-state index < -0.39 is 11.6 Å². The van der Waals surface area contributed by atoms with Crippen LogP contribution in [0.25, 0.3) is 0 Å². The molecule has 5 nitrogen and oxygen atoms in total. The number of carbonyl (C=O) groups is 1. The average Bonchev–Trinajstić information content (AvgIpc) is 2.30. The lowest BCUT2D eigenvalue weighted by Gasteiger charge is -2.26. The number of nitrogens with one attached hydrogen (secondary N) is 1. The maximum atomic E-state index is 10.8. The first-order chi connectivity index (χ1) is 6.12. The first-order valence-electron chi connectivity index (χ1n) is 4.31. The Hall–Kier alpha value is -1.10. The number of carboxylic acids is 1. The number of nitrogens with zero attached hydrogens (tertiary/aromatic N) is 1. The van der Waals surface area contributed by atoms with Crippen LogP contribution < -0.4 is 5.32 Å². The second-order valence-corrected chi connectivity index (χ2v) is 3.74. The Kier molecular flexibility index (Phi) is 1.76. The van der Waals surface area contributed by atoms with E-state index in [1.807, 2.05) is 0 Å². The smallest absolute Gasteiger partial charge is 0.351 e. The second kappa shape index (κ2) is 2.70. The predicted molar refractivity (Wildman–Crippen MR) is 45.5 cm³/mol. The van der Waals surface area contributed by atoms with Gasteiger partial charge in [0.1, 0.15) is 0 Å². The molecule has 0 spiro atoms. The van der Waals surface area contributed by atoms with Crippen molar-refractivity contribution < 1.29 is 14.7 Å². The molecule has 2 aliphatic rings. The molecule has 1 atom stereocenters. The Morgan fingerprint density at radius 2 is 2.46 bits per heavy atom. The summed E-state index contributed by atoms with van der Waals surface area (Å²) < 4.78 is 0. The van der Waals surface area contributed by atoms with Crippen LogP contribution in [0.1, 0.15) is 13.3 Å². The Labute approximate surface area is 75.8 Å². The predicted octanol–water partition coefficient (Wildman–Crippen LogP) is -0.175. The molecule has 0 bridgehead atoms. The molecule has 1 fully saturated rings. The van der Waals surface area contributed by atoms with Crippen molar-refractivity contribution in [1.29, 1.82) is 0 Å². The van der Waals surface area contributed by atoms with Crippen molar-refractivity contribution in [2.24, 2.45) is 11.1 Å². The van der Waals surface area contributed by atoms with E-state index in [2.05, 4.69) is 10.5 Å². The molecule has 0 aliphatic carbocycles. The van der Waals surface area contributed by atoms with Crippen molar-refractivity contribution in [3.05, 3.63) is 0 Å². The van der Waals surface area contributed by atoms with E-state index in [0.717, 1.165) is 18.8 Å². The minimum atomic E-state index is -1.13. The van der Waals surface area contributed by atoms with Gasteiger partial charge in [-0.25, -0.2) is 4.79 Å². The molecule has 1 unspecified atom stereocenters. The van der Waals surface area contributed by atoms with Crippen LogP contribution in [0.2, 0.25) is 0 Å². The molecule has 2 N–H and O–H groups in total. The Bertz CT molecular complexity index is 273. The molecule has 2 heterocycles. The minimum absolute atomic E-state index is 0.376. The summed E-state index contributed by atoms with van der Waals surface area (Å²) >= 11 is 0. The molecular weight excluding hydrogens is 172 g/mol. The van der Waals surface area contributed by atoms with Gasteiger partial charge in [-0.05, 0) is 6.92 Å². The van der Waals surface area contributed by atoms with Crippen molar-refractivity contribution in [2.45, 2.75) is 18.9 Å². The van der Waals surface area contributed by atoms with Gasteiger partial charge in [-0.1, -0.05) is 5.16 Å². The third kappa shape index (κ3) is 1.29. The Balaban J connectivity index is 2.01. The molecule has 0 aromatic carbocycles. The van der Waals surface area contributed by atoms with E-state index in [0.29, 0.717) is 12.3 Å². The zero-order chi connectivity index (χ0) is 9.47. The maximum absolute atomic E-state index is 10.8. The summed E-state index contributed by atoms with van der Waals surface area (Å²) in [4.78, 5) is 15.7. The van der Waals surface area contributed by atoms with Gasteiger partial charge < -0.3 is 15.3 Å². The van der Waals surface area contributed by atoms with Crippen LogP contribution >= 0.6 is 0 Å². The molecule has 0 saturated carbocycles. The van der Waals surface area contributed by atoms with Crippen molar-refractivity contribution in [3.8, 4) is 0 Å². The van der Waals surface area contributed by atoms with E-state index in [4.69, 9.17) is 9.94 Å². The van der Waals surface area contributed by atoms with Gasteiger partial charge in [0.25, 0.3) is 0 Å². The Morgan fingerprint density at radius 1 is 1.77 bits per heavy atom. The fourth-order valence-corrected chi connectivity index (χ4v) is 1.43. The summed E-state index contributed by atoms with van der Waals surface area (Å²) in [5.41, 5.74) is -0.256. The average molecular weight is 184 g/mol. The highest BCUT2D eigenvalue weighted by Gasteiger charge is 2.44. The third-order valence-electron chi connectivity index (χ3n) is 2.59. The van der Waals surface area contributed by atoms with Crippen molar-refractivity contribution >= 4 is 11.7 Å². The molecule has 72 valence electrons. The van der Waals surface area contributed by atoms with Crippen LogP contribution in [0.3, 0.4) is 0 Å². The van der Waals surface area contributed by atoms with Crippen molar-refractivity contribution in [2.75, 3.05) is 13.1 Å². The quantitative estimate of drug-likeness (QED) is 0.624. The van der Waals surface area contributed by atoms with Crippen LogP contribution in [0.15, 0.2) is 5.16 Å².